The van der Waals surface area contributed by atoms with Gasteiger partial charge in [-0.05, 0) is 19.3 Å². The Bertz CT molecular complexity index is 149. The lowest BCUT2D eigenvalue weighted by Crippen LogP contribution is -2.35. The van der Waals surface area contributed by atoms with Gasteiger partial charge < -0.3 is 20.3 Å². The second kappa shape index (κ2) is 10.0. The molecular formula is C12H27NO3. The number of hydrogen-bond donors (Lipinski definition) is 2. The zero-order valence-corrected chi connectivity index (χ0v) is 10.7. The van der Waals surface area contributed by atoms with Crippen LogP contribution in [0, 0.1) is 5.41 Å². The summed E-state index contributed by atoms with van der Waals surface area (Å²) in [7, 11) is 1.69. The van der Waals surface area contributed by atoms with Gasteiger partial charge in [0.2, 0.25) is 0 Å². The van der Waals surface area contributed by atoms with Crippen molar-refractivity contribution in [2.24, 2.45) is 11.1 Å². The third-order valence-corrected chi connectivity index (χ3v) is 2.96. The molecule has 0 aromatic carbocycles. The molecule has 1 atom stereocenters. The van der Waals surface area contributed by atoms with E-state index in [1.807, 2.05) is 0 Å². The van der Waals surface area contributed by atoms with Crippen LogP contribution in [0.25, 0.3) is 0 Å². The average molecular weight is 233 g/mol. The fourth-order valence-electron chi connectivity index (χ4n) is 1.78. The van der Waals surface area contributed by atoms with E-state index in [1.54, 1.807) is 7.11 Å². The molecule has 16 heavy (non-hydrogen) atoms. The fraction of sp³-hybridized carbons (Fsp3) is 1.00. The predicted octanol–water partition coefficient (Wildman–Crippen LogP) is 1.17. The summed E-state index contributed by atoms with van der Waals surface area (Å²) in [5, 5.41) is 9.39. The van der Waals surface area contributed by atoms with Crippen LogP contribution in [0.15, 0.2) is 0 Å². The highest BCUT2D eigenvalue weighted by atomic mass is 16.5. The highest BCUT2D eigenvalue weighted by Crippen LogP contribution is 2.26. The van der Waals surface area contributed by atoms with Crippen LogP contribution in [0.1, 0.15) is 32.6 Å². The molecule has 0 amide bonds. The summed E-state index contributed by atoms with van der Waals surface area (Å²) in [4.78, 5) is 0. The zero-order valence-electron chi connectivity index (χ0n) is 10.7. The molecule has 0 heterocycles. The molecule has 0 spiro atoms. The van der Waals surface area contributed by atoms with Gasteiger partial charge in [0, 0.05) is 45.5 Å². The van der Waals surface area contributed by atoms with Crippen molar-refractivity contribution in [1.82, 2.24) is 0 Å². The molecule has 0 rings (SSSR count). The van der Waals surface area contributed by atoms with E-state index in [0.717, 1.165) is 32.3 Å². The summed E-state index contributed by atoms with van der Waals surface area (Å²) in [6.07, 6.45) is 3.75. The summed E-state index contributed by atoms with van der Waals surface area (Å²) < 4.78 is 10.4. The normalized spacial score (nSPS) is 15.0. The molecule has 4 heteroatoms. The van der Waals surface area contributed by atoms with Gasteiger partial charge in [-0.3, -0.25) is 0 Å². The summed E-state index contributed by atoms with van der Waals surface area (Å²) in [5.41, 5.74) is 5.59. The second-order valence-electron chi connectivity index (χ2n) is 4.32. The number of hydrogen-bond acceptors (Lipinski definition) is 4. The van der Waals surface area contributed by atoms with Crippen molar-refractivity contribution < 1.29 is 14.6 Å². The van der Waals surface area contributed by atoms with Crippen molar-refractivity contribution >= 4 is 0 Å². The summed E-state index contributed by atoms with van der Waals surface area (Å²) in [6, 6.07) is 0. The van der Waals surface area contributed by atoms with Gasteiger partial charge in [-0.2, -0.15) is 0 Å². The standard InChI is InChI=1S/C12H27NO3/c1-3-5-12(10-13,11-14)6-9-16-8-4-7-15-2/h14H,3-11,13H2,1-2H3. The first-order valence-corrected chi connectivity index (χ1v) is 6.12. The molecule has 4 nitrogen and oxygen atoms in total. The molecule has 0 aromatic rings. The van der Waals surface area contributed by atoms with Gasteiger partial charge in [-0.1, -0.05) is 13.3 Å². The molecule has 3 N–H and O–H groups in total. The van der Waals surface area contributed by atoms with Crippen LogP contribution >= 0.6 is 0 Å². The number of ether oxygens (including phenoxy) is 2. The zero-order chi connectivity index (χ0) is 12.3. The largest absolute Gasteiger partial charge is 0.396 e. The quantitative estimate of drug-likeness (QED) is 0.526. The third kappa shape index (κ3) is 6.43. The molecule has 0 aromatic heterocycles. The van der Waals surface area contributed by atoms with E-state index in [1.165, 1.54) is 0 Å². The lowest BCUT2D eigenvalue weighted by Gasteiger charge is -2.30. The van der Waals surface area contributed by atoms with Crippen LogP contribution < -0.4 is 5.73 Å². The van der Waals surface area contributed by atoms with Crippen LogP contribution in [0.2, 0.25) is 0 Å². The van der Waals surface area contributed by atoms with E-state index >= 15 is 0 Å². The van der Waals surface area contributed by atoms with Crippen molar-refractivity contribution in [3.05, 3.63) is 0 Å². The van der Waals surface area contributed by atoms with Crippen LogP contribution in [0.4, 0.5) is 0 Å². The predicted molar refractivity (Wildman–Crippen MR) is 65.4 cm³/mol. The van der Waals surface area contributed by atoms with Crippen LogP contribution in [0.3, 0.4) is 0 Å². The first kappa shape index (κ1) is 15.8. The minimum atomic E-state index is -0.143. The third-order valence-electron chi connectivity index (χ3n) is 2.96. The number of methoxy groups -OCH3 is 1. The molecule has 0 bridgehead atoms. The van der Waals surface area contributed by atoms with E-state index in [9.17, 15) is 5.11 Å². The van der Waals surface area contributed by atoms with Crippen molar-refractivity contribution in [3.63, 3.8) is 0 Å². The molecule has 0 aliphatic rings. The molecule has 0 aliphatic carbocycles. The number of nitrogens with two attached hydrogens (primary N) is 1. The Morgan fingerprint density at radius 3 is 2.44 bits per heavy atom. The number of rotatable bonds is 11. The lowest BCUT2D eigenvalue weighted by molar-refractivity contribution is 0.0478. The van der Waals surface area contributed by atoms with E-state index in [-0.39, 0.29) is 12.0 Å². The van der Waals surface area contributed by atoms with E-state index in [0.29, 0.717) is 19.8 Å². The Hall–Kier alpha value is -0.160. The van der Waals surface area contributed by atoms with Crippen molar-refractivity contribution in [3.8, 4) is 0 Å². The fourth-order valence-corrected chi connectivity index (χ4v) is 1.78. The molecule has 1 unspecified atom stereocenters. The highest BCUT2D eigenvalue weighted by molar-refractivity contribution is 4.79. The summed E-state index contributed by atoms with van der Waals surface area (Å²) in [6.45, 7) is 4.90. The van der Waals surface area contributed by atoms with Crippen LogP contribution in [-0.2, 0) is 9.47 Å². The monoisotopic (exact) mass is 233 g/mol. The summed E-state index contributed by atoms with van der Waals surface area (Å²) >= 11 is 0. The van der Waals surface area contributed by atoms with E-state index in [2.05, 4.69) is 6.92 Å². The minimum absolute atomic E-state index is 0.143. The Morgan fingerprint density at radius 2 is 1.94 bits per heavy atom. The Labute approximate surface area is 99.1 Å². The number of aliphatic hydroxyl groups is 1. The SMILES string of the molecule is CCCC(CN)(CO)CCOCCCOC. The van der Waals surface area contributed by atoms with Gasteiger partial charge in [-0.15, -0.1) is 0 Å². The van der Waals surface area contributed by atoms with Crippen molar-refractivity contribution in [2.45, 2.75) is 32.6 Å². The Balaban J connectivity index is 3.67. The van der Waals surface area contributed by atoms with Gasteiger partial charge in [0.1, 0.15) is 0 Å². The molecular weight excluding hydrogens is 206 g/mol. The van der Waals surface area contributed by atoms with Crippen molar-refractivity contribution in [1.29, 1.82) is 0 Å². The van der Waals surface area contributed by atoms with E-state index < -0.39 is 0 Å². The lowest BCUT2D eigenvalue weighted by atomic mass is 9.81. The molecule has 0 saturated carbocycles. The van der Waals surface area contributed by atoms with E-state index in [4.69, 9.17) is 15.2 Å². The molecule has 0 fully saturated rings. The first-order chi connectivity index (χ1) is 7.74. The summed E-state index contributed by atoms with van der Waals surface area (Å²) in [5.74, 6) is 0. The Morgan fingerprint density at radius 1 is 1.19 bits per heavy atom. The maximum Gasteiger partial charge on any atom is 0.0500 e. The van der Waals surface area contributed by atoms with Gasteiger partial charge in [-0.25, -0.2) is 0 Å². The molecule has 0 saturated heterocycles. The Kier molecular flexibility index (Phi) is 9.92. The molecule has 0 aliphatic heterocycles. The highest BCUT2D eigenvalue weighted by Gasteiger charge is 2.26. The minimum Gasteiger partial charge on any atom is -0.396 e. The maximum absolute atomic E-state index is 9.39. The van der Waals surface area contributed by atoms with Gasteiger partial charge in [0.15, 0.2) is 0 Å². The van der Waals surface area contributed by atoms with Crippen molar-refractivity contribution in [2.75, 3.05) is 40.1 Å². The first-order valence-electron chi connectivity index (χ1n) is 6.12. The molecule has 0 radical (unpaired) electrons. The topological polar surface area (TPSA) is 64.7 Å². The van der Waals surface area contributed by atoms with Crippen LogP contribution in [0.5, 0.6) is 0 Å². The smallest absolute Gasteiger partial charge is 0.0500 e. The second-order valence-corrected chi connectivity index (χ2v) is 4.32. The van der Waals surface area contributed by atoms with Gasteiger partial charge in [0.05, 0.1) is 0 Å². The van der Waals surface area contributed by atoms with Crippen LogP contribution in [-0.4, -0.2) is 45.2 Å². The number of aliphatic hydroxyl groups excluding tert-OH is 1. The van der Waals surface area contributed by atoms with Gasteiger partial charge >= 0.3 is 0 Å². The van der Waals surface area contributed by atoms with Gasteiger partial charge in [0.25, 0.3) is 0 Å². The molecule has 98 valence electrons. The average Bonchev–Trinajstić information content (AvgIpc) is 2.32. The maximum atomic E-state index is 9.39.